The van der Waals surface area contributed by atoms with Crippen molar-refractivity contribution in [3.8, 4) is 5.75 Å². The summed E-state index contributed by atoms with van der Waals surface area (Å²) in [6.07, 6.45) is 2.50. The summed E-state index contributed by atoms with van der Waals surface area (Å²) >= 11 is 0. The van der Waals surface area contributed by atoms with Gasteiger partial charge in [0.15, 0.2) is 11.6 Å². The summed E-state index contributed by atoms with van der Waals surface area (Å²) in [6, 6.07) is 3.29. The van der Waals surface area contributed by atoms with Gasteiger partial charge in [0, 0.05) is 38.5 Å². The Kier molecular flexibility index (Phi) is 8.09. The van der Waals surface area contributed by atoms with Crippen LogP contribution >= 0.6 is 12.4 Å². The van der Waals surface area contributed by atoms with Crippen molar-refractivity contribution in [2.75, 3.05) is 19.6 Å². The molecule has 1 amide bonds. The molecule has 2 N–H and O–H groups in total. The van der Waals surface area contributed by atoms with E-state index in [4.69, 9.17) is 10.5 Å². The van der Waals surface area contributed by atoms with E-state index < -0.39 is 17.0 Å². The molecule has 7 heteroatoms. The average molecular weight is 377 g/mol. The molecule has 0 aliphatic carbocycles. The van der Waals surface area contributed by atoms with Gasteiger partial charge in [-0.15, -0.1) is 12.4 Å². The molecule has 0 bridgehead atoms. The van der Waals surface area contributed by atoms with E-state index in [0.29, 0.717) is 32.5 Å². The number of hydrogen-bond donors (Lipinski definition) is 1. The van der Waals surface area contributed by atoms with Gasteiger partial charge in [-0.05, 0) is 25.0 Å². The summed E-state index contributed by atoms with van der Waals surface area (Å²) in [6.45, 7) is 5.45. The van der Waals surface area contributed by atoms with E-state index in [2.05, 4.69) is 0 Å². The van der Waals surface area contributed by atoms with Gasteiger partial charge < -0.3 is 15.4 Å². The van der Waals surface area contributed by atoms with E-state index in [1.54, 1.807) is 0 Å². The van der Waals surface area contributed by atoms with Crippen molar-refractivity contribution in [2.24, 2.45) is 11.1 Å². The smallest absolute Gasteiger partial charge is 0.230 e. The second-order valence-corrected chi connectivity index (χ2v) is 6.38. The van der Waals surface area contributed by atoms with Gasteiger partial charge in [0.25, 0.3) is 0 Å². The van der Waals surface area contributed by atoms with Crippen LogP contribution in [0.3, 0.4) is 0 Å². The second kappa shape index (κ2) is 9.34. The minimum Gasteiger partial charge on any atom is -0.487 e. The first-order chi connectivity index (χ1) is 11.5. The van der Waals surface area contributed by atoms with Gasteiger partial charge in [-0.2, -0.15) is 0 Å². The Morgan fingerprint density at radius 3 is 2.36 bits per heavy atom. The lowest BCUT2D eigenvalue weighted by Gasteiger charge is -2.39. The number of nitrogens with zero attached hydrogens (tertiary/aromatic N) is 1. The highest BCUT2D eigenvalue weighted by Crippen LogP contribution is 2.30. The van der Waals surface area contributed by atoms with Crippen LogP contribution in [0, 0.1) is 17.0 Å². The lowest BCUT2D eigenvalue weighted by atomic mass is 9.80. The Morgan fingerprint density at radius 2 is 1.88 bits per heavy atom. The maximum absolute atomic E-state index is 13.7. The van der Waals surface area contributed by atoms with Gasteiger partial charge >= 0.3 is 0 Å². The zero-order valence-corrected chi connectivity index (χ0v) is 15.6. The summed E-state index contributed by atoms with van der Waals surface area (Å²) in [5, 5.41) is 0. The molecule has 0 unspecified atom stereocenters. The average Bonchev–Trinajstić information content (AvgIpc) is 2.60. The third-order valence-electron chi connectivity index (χ3n) is 5.11. The molecule has 0 radical (unpaired) electrons. The number of halogens is 3. The number of hydrogen-bond acceptors (Lipinski definition) is 3. The molecule has 1 aliphatic heterocycles. The van der Waals surface area contributed by atoms with Crippen molar-refractivity contribution < 1.29 is 18.3 Å². The first-order valence-corrected chi connectivity index (χ1v) is 8.57. The largest absolute Gasteiger partial charge is 0.487 e. The normalized spacial score (nSPS) is 15.6. The molecule has 1 aliphatic rings. The first-order valence-electron chi connectivity index (χ1n) is 8.57. The SMILES string of the molecule is CCC(CC)(CN)C(=O)N1CCC(Oc2ccc(F)cc2F)CC1.Cl. The zero-order valence-electron chi connectivity index (χ0n) is 14.8. The molecule has 2 rings (SSSR count). The van der Waals surface area contributed by atoms with E-state index in [1.807, 2.05) is 18.7 Å². The fourth-order valence-electron chi connectivity index (χ4n) is 3.19. The quantitative estimate of drug-likeness (QED) is 0.826. The van der Waals surface area contributed by atoms with E-state index >= 15 is 0 Å². The number of amides is 1. The lowest BCUT2D eigenvalue weighted by Crippen LogP contribution is -2.51. The van der Waals surface area contributed by atoms with Gasteiger partial charge in [0.1, 0.15) is 11.9 Å². The fourth-order valence-corrected chi connectivity index (χ4v) is 3.19. The van der Waals surface area contributed by atoms with Crippen molar-refractivity contribution in [2.45, 2.75) is 45.6 Å². The predicted octanol–water partition coefficient (Wildman–Crippen LogP) is 3.52. The van der Waals surface area contributed by atoms with Gasteiger partial charge in [0.2, 0.25) is 5.91 Å². The number of benzene rings is 1. The van der Waals surface area contributed by atoms with Crippen LogP contribution in [0.2, 0.25) is 0 Å². The Labute approximate surface area is 154 Å². The van der Waals surface area contributed by atoms with Crippen LogP contribution < -0.4 is 10.5 Å². The number of carbonyl (C=O) groups excluding carboxylic acids is 1. The highest BCUT2D eigenvalue weighted by Gasteiger charge is 2.38. The van der Waals surface area contributed by atoms with Gasteiger partial charge in [-0.1, -0.05) is 13.8 Å². The minimum atomic E-state index is -0.701. The molecule has 0 spiro atoms. The monoisotopic (exact) mass is 376 g/mol. The minimum absolute atomic E-state index is 0. The maximum atomic E-state index is 13.7. The molecule has 1 aromatic carbocycles. The number of piperidine rings is 1. The van der Waals surface area contributed by atoms with E-state index in [-0.39, 0.29) is 30.2 Å². The Morgan fingerprint density at radius 1 is 1.28 bits per heavy atom. The standard InChI is InChI=1S/C18H26F2N2O2.ClH/c1-3-18(4-2,12-21)17(23)22-9-7-14(8-10-22)24-16-6-5-13(19)11-15(16)20;/h5-6,11,14H,3-4,7-10,12,21H2,1-2H3;1H. The summed E-state index contributed by atoms with van der Waals surface area (Å²) < 4.78 is 32.2. The van der Waals surface area contributed by atoms with Crippen LogP contribution in [0.1, 0.15) is 39.5 Å². The molecule has 25 heavy (non-hydrogen) atoms. The molecule has 142 valence electrons. The molecule has 1 fully saturated rings. The molecule has 0 saturated carbocycles. The molecule has 0 aromatic heterocycles. The molecule has 0 atom stereocenters. The maximum Gasteiger partial charge on any atom is 0.230 e. The van der Waals surface area contributed by atoms with Crippen LogP contribution in [0.4, 0.5) is 8.78 Å². The first kappa shape index (κ1) is 21.6. The molecule has 1 aromatic rings. The van der Waals surface area contributed by atoms with Crippen molar-refractivity contribution >= 4 is 18.3 Å². The van der Waals surface area contributed by atoms with Gasteiger partial charge in [-0.25, -0.2) is 8.78 Å². The lowest BCUT2D eigenvalue weighted by molar-refractivity contribution is -0.144. The third kappa shape index (κ3) is 4.82. The van der Waals surface area contributed by atoms with Crippen LogP contribution in [0.5, 0.6) is 5.75 Å². The predicted molar refractivity (Wildman–Crippen MR) is 95.9 cm³/mol. The Balaban J connectivity index is 0.00000312. The highest BCUT2D eigenvalue weighted by molar-refractivity contribution is 5.85. The van der Waals surface area contributed by atoms with Crippen molar-refractivity contribution in [1.29, 1.82) is 0 Å². The van der Waals surface area contributed by atoms with Crippen molar-refractivity contribution in [1.82, 2.24) is 4.90 Å². The topological polar surface area (TPSA) is 55.6 Å². The van der Waals surface area contributed by atoms with Gasteiger partial charge in [0.05, 0.1) is 5.41 Å². The molecule has 1 heterocycles. The third-order valence-corrected chi connectivity index (χ3v) is 5.11. The fraction of sp³-hybridized carbons (Fsp3) is 0.611. The van der Waals surface area contributed by atoms with E-state index in [1.165, 1.54) is 12.1 Å². The van der Waals surface area contributed by atoms with Gasteiger partial charge in [-0.3, -0.25) is 4.79 Å². The second-order valence-electron chi connectivity index (χ2n) is 6.38. The summed E-state index contributed by atoms with van der Waals surface area (Å²) in [5.74, 6) is -1.17. The Bertz CT molecular complexity index is 566. The zero-order chi connectivity index (χ0) is 17.7. The van der Waals surface area contributed by atoms with Crippen molar-refractivity contribution in [3.05, 3.63) is 29.8 Å². The van der Waals surface area contributed by atoms with Crippen LogP contribution in [-0.4, -0.2) is 36.5 Å². The van der Waals surface area contributed by atoms with E-state index in [9.17, 15) is 13.6 Å². The number of ether oxygens (including phenoxy) is 1. The number of rotatable bonds is 6. The summed E-state index contributed by atoms with van der Waals surface area (Å²) in [4.78, 5) is 14.6. The van der Waals surface area contributed by atoms with E-state index in [0.717, 1.165) is 18.9 Å². The summed E-state index contributed by atoms with van der Waals surface area (Å²) in [5.41, 5.74) is 5.36. The summed E-state index contributed by atoms with van der Waals surface area (Å²) in [7, 11) is 0. The van der Waals surface area contributed by atoms with Crippen LogP contribution in [0.15, 0.2) is 18.2 Å². The molecular formula is C18H27ClF2N2O2. The Hall–Kier alpha value is -1.40. The van der Waals surface area contributed by atoms with Crippen molar-refractivity contribution in [3.63, 3.8) is 0 Å². The van der Waals surface area contributed by atoms with Crippen LogP contribution in [-0.2, 0) is 4.79 Å². The molecular weight excluding hydrogens is 350 g/mol. The highest BCUT2D eigenvalue weighted by atomic mass is 35.5. The number of likely N-dealkylation sites (tertiary alicyclic amines) is 1. The number of carbonyl (C=O) groups is 1. The van der Waals surface area contributed by atoms with Crippen LogP contribution in [0.25, 0.3) is 0 Å². The number of nitrogens with two attached hydrogens (primary N) is 1. The molecule has 1 saturated heterocycles. The molecule has 4 nitrogen and oxygen atoms in total.